The van der Waals surface area contributed by atoms with Gasteiger partial charge in [-0.25, -0.2) is 0 Å². The van der Waals surface area contributed by atoms with Crippen LogP contribution >= 0.6 is 0 Å². The zero-order valence-electron chi connectivity index (χ0n) is 19.4. The quantitative estimate of drug-likeness (QED) is 0.612. The molecule has 35 heavy (non-hydrogen) atoms. The molecule has 1 saturated heterocycles. The number of fused-ring (bicyclic) bond motifs is 1. The van der Waals surface area contributed by atoms with Gasteiger partial charge < -0.3 is 15.5 Å². The van der Waals surface area contributed by atoms with Crippen LogP contribution in [0.4, 0.5) is 11.4 Å². The SMILES string of the molecule is O=C1CC(c2ccccc2)N(C(=O)c2ccccc2)c2ccc(C(=O)N3CCCNCC3)cc2N1. The molecule has 7 heteroatoms. The topological polar surface area (TPSA) is 81.8 Å². The number of nitrogens with one attached hydrogen (secondary N) is 2. The fourth-order valence-corrected chi connectivity index (χ4v) is 4.76. The second kappa shape index (κ2) is 10.1. The summed E-state index contributed by atoms with van der Waals surface area (Å²) in [6, 6.07) is 23.4. The number of nitrogens with zero attached hydrogens (tertiary/aromatic N) is 2. The van der Waals surface area contributed by atoms with E-state index >= 15 is 0 Å². The number of carbonyl (C=O) groups is 3. The summed E-state index contributed by atoms with van der Waals surface area (Å²) in [5, 5.41) is 6.26. The molecule has 0 aromatic heterocycles. The zero-order valence-corrected chi connectivity index (χ0v) is 19.4. The van der Waals surface area contributed by atoms with Crippen LogP contribution in [0.15, 0.2) is 78.9 Å². The summed E-state index contributed by atoms with van der Waals surface area (Å²) in [6.07, 6.45) is 1.00. The number of hydrogen-bond donors (Lipinski definition) is 2. The third-order valence-corrected chi connectivity index (χ3v) is 6.52. The van der Waals surface area contributed by atoms with E-state index in [-0.39, 0.29) is 24.1 Å². The molecule has 2 N–H and O–H groups in total. The van der Waals surface area contributed by atoms with Gasteiger partial charge in [-0.1, -0.05) is 48.5 Å². The highest BCUT2D eigenvalue weighted by molar-refractivity contribution is 6.12. The minimum Gasteiger partial charge on any atom is -0.337 e. The molecule has 5 rings (SSSR count). The summed E-state index contributed by atoms with van der Waals surface area (Å²) in [5.41, 5.74) is 2.95. The molecule has 7 nitrogen and oxygen atoms in total. The molecule has 0 bridgehead atoms. The molecule has 3 aromatic carbocycles. The first kappa shape index (κ1) is 22.8. The molecule has 0 radical (unpaired) electrons. The van der Waals surface area contributed by atoms with E-state index in [2.05, 4.69) is 10.6 Å². The fraction of sp³-hybridized carbons (Fsp3) is 0.250. The van der Waals surface area contributed by atoms with Gasteiger partial charge in [0.25, 0.3) is 11.8 Å². The van der Waals surface area contributed by atoms with Crippen molar-refractivity contribution < 1.29 is 14.4 Å². The fourth-order valence-electron chi connectivity index (χ4n) is 4.76. The second-order valence-electron chi connectivity index (χ2n) is 8.85. The maximum atomic E-state index is 13.8. The Kier molecular flexibility index (Phi) is 6.59. The molecule has 2 heterocycles. The highest BCUT2D eigenvalue weighted by Crippen LogP contribution is 2.39. The van der Waals surface area contributed by atoms with E-state index in [9.17, 15) is 14.4 Å². The molecule has 178 valence electrons. The highest BCUT2D eigenvalue weighted by atomic mass is 16.2. The Hall–Kier alpha value is -3.97. The highest BCUT2D eigenvalue weighted by Gasteiger charge is 2.34. The van der Waals surface area contributed by atoms with Crippen molar-refractivity contribution in [3.8, 4) is 0 Å². The average Bonchev–Trinajstić information content (AvgIpc) is 3.26. The molecular weight excluding hydrogens is 440 g/mol. The molecule has 0 spiro atoms. The Morgan fingerprint density at radius 2 is 1.54 bits per heavy atom. The molecular formula is C28H28N4O3. The number of rotatable bonds is 3. The zero-order chi connectivity index (χ0) is 24.2. The van der Waals surface area contributed by atoms with E-state index in [1.165, 1.54) is 0 Å². The van der Waals surface area contributed by atoms with E-state index in [0.717, 1.165) is 25.1 Å². The third-order valence-electron chi connectivity index (χ3n) is 6.52. The standard InChI is InChI=1S/C28H28N4O3/c33-26-19-25(20-8-3-1-4-9-20)32(28(35)21-10-5-2-6-11-21)24-13-12-22(18-23(24)30-26)27(34)31-16-7-14-29-15-17-31/h1-6,8-13,18,25,29H,7,14-17,19H2,(H,30,33). The van der Waals surface area contributed by atoms with E-state index in [1.807, 2.05) is 53.4 Å². The largest absolute Gasteiger partial charge is 0.337 e. The van der Waals surface area contributed by atoms with Gasteiger partial charge in [0.1, 0.15) is 0 Å². The van der Waals surface area contributed by atoms with Gasteiger partial charge >= 0.3 is 0 Å². The van der Waals surface area contributed by atoms with Crippen LogP contribution < -0.4 is 15.5 Å². The van der Waals surface area contributed by atoms with Gasteiger partial charge in [-0.05, 0) is 48.9 Å². The molecule has 3 amide bonds. The Morgan fingerprint density at radius 3 is 2.31 bits per heavy atom. The molecule has 0 saturated carbocycles. The summed E-state index contributed by atoms with van der Waals surface area (Å²) >= 11 is 0. The van der Waals surface area contributed by atoms with Crippen molar-refractivity contribution in [3.63, 3.8) is 0 Å². The van der Waals surface area contributed by atoms with Crippen LogP contribution in [0.5, 0.6) is 0 Å². The van der Waals surface area contributed by atoms with Crippen molar-refractivity contribution in [2.75, 3.05) is 36.4 Å². The molecule has 1 atom stereocenters. The van der Waals surface area contributed by atoms with Gasteiger partial charge in [0, 0.05) is 30.8 Å². The van der Waals surface area contributed by atoms with Crippen LogP contribution in [-0.4, -0.2) is 48.8 Å². The number of carbonyl (C=O) groups excluding carboxylic acids is 3. The molecule has 0 aliphatic carbocycles. The lowest BCUT2D eigenvalue weighted by molar-refractivity contribution is -0.116. The van der Waals surface area contributed by atoms with Crippen LogP contribution in [0.25, 0.3) is 0 Å². The predicted octanol–water partition coefficient (Wildman–Crippen LogP) is 3.85. The first-order chi connectivity index (χ1) is 17.1. The average molecular weight is 469 g/mol. The van der Waals surface area contributed by atoms with Crippen molar-refractivity contribution in [2.24, 2.45) is 0 Å². The van der Waals surface area contributed by atoms with Gasteiger partial charge in [0.05, 0.1) is 23.8 Å². The number of hydrogen-bond acceptors (Lipinski definition) is 4. The van der Waals surface area contributed by atoms with E-state index in [0.29, 0.717) is 35.6 Å². The van der Waals surface area contributed by atoms with Crippen LogP contribution in [-0.2, 0) is 4.79 Å². The Balaban J connectivity index is 1.58. The maximum Gasteiger partial charge on any atom is 0.258 e. The summed E-state index contributed by atoms with van der Waals surface area (Å²) in [7, 11) is 0. The van der Waals surface area contributed by atoms with Gasteiger partial charge in [0.2, 0.25) is 5.91 Å². The third kappa shape index (κ3) is 4.81. The lowest BCUT2D eigenvalue weighted by Gasteiger charge is -2.31. The number of benzene rings is 3. The molecule has 2 aliphatic rings. The lowest BCUT2D eigenvalue weighted by Crippen LogP contribution is -2.35. The normalized spacial score (nSPS) is 18.2. The Labute approximate surface area is 204 Å². The summed E-state index contributed by atoms with van der Waals surface area (Å²) < 4.78 is 0. The van der Waals surface area contributed by atoms with E-state index in [4.69, 9.17) is 0 Å². The molecule has 3 aromatic rings. The Morgan fingerprint density at radius 1 is 0.800 bits per heavy atom. The summed E-state index contributed by atoms with van der Waals surface area (Å²) in [4.78, 5) is 43.6. The van der Waals surface area contributed by atoms with Gasteiger partial charge in [-0.15, -0.1) is 0 Å². The van der Waals surface area contributed by atoms with Gasteiger partial charge in [0.15, 0.2) is 0 Å². The van der Waals surface area contributed by atoms with Crippen molar-refractivity contribution >= 4 is 29.1 Å². The Bertz CT molecular complexity index is 1220. The van der Waals surface area contributed by atoms with Crippen molar-refractivity contribution in [3.05, 3.63) is 95.6 Å². The summed E-state index contributed by atoms with van der Waals surface area (Å²) in [6.45, 7) is 2.97. The van der Waals surface area contributed by atoms with Gasteiger partial charge in [-0.3, -0.25) is 19.3 Å². The number of anilines is 2. The smallest absolute Gasteiger partial charge is 0.258 e. The molecule has 2 aliphatic heterocycles. The molecule has 1 fully saturated rings. The van der Waals surface area contributed by atoms with E-state index < -0.39 is 6.04 Å². The van der Waals surface area contributed by atoms with Crippen LogP contribution in [0, 0.1) is 0 Å². The minimum atomic E-state index is -0.483. The van der Waals surface area contributed by atoms with Crippen LogP contribution in [0.1, 0.15) is 45.2 Å². The lowest BCUT2D eigenvalue weighted by atomic mass is 10.00. The first-order valence-electron chi connectivity index (χ1n) is 12.0. The maximum absolute atomic E-state index is 13.8. The van der Waals surface area contributed by atoms with Crippen molar-refractivity contribution in [1.29, 1.82) is 0 Å². The van der Waals surface area contributed by atoms with Crippen LogP contribution in [0.2, 0.25) is 0 Å². The van der Waals surface area contributed by atoms with Gasteiger partial charge in [-0.2, -0.15) is 0 Å². The molecule has 1 unspecified atom stereocenters. The second-order valence-corrected chi connectivity index (χ2v) is 8.85. The predicted molar refractivity (Wildman–Crippen MR) is 136 cm³/mol. The number of amides is 3. The van der Waals surface area contributed by atoms with Crippen molar-refractivity contribution in [2.45, 2.75) is 18.9 Å². The summed E-state index contributed by atoms with van der Waals surface area (Å²) in [5.74, 6) is -0.475. The van der Waals surface area contributed by atoms with Crippen LogP contribution in [0.3, 0.4) is 0 Å². The monoisotopic (exact) mass is 468 g/mol. The van der Waals surface area contributed by atoms with Crippen molar-refractivity contribution in [1.82, 2.24) is 10.2 Å². The first-order valence-corrected chi connectivity index (χ1v) is 12.0. The minimum absolute atomic E-state index is 0.0736. The van der Waals surface area contributed by atoms with E-state index in [1.54, 1.807) is 35.2 Å².